The molecule has 23 heavy (non-hydrogen) atoms. The first-order valence-corrected chi connectivity index (χ1v) is 7.92. The predicted octanol–water partition coefficient (Wildman–Crippen LogP) is 2.06. The molecule has 0 heterocycles. The Bertz CT molecular complexity index is 778. The molecular formula is C15H17NO6S. The highest BCUT2D eigenvalue weighted by Gasteiger charge is 2.20. The molecule has 0 saturated heterocycles. The molecule has 0 aromatic heterocycles. The highest BCUT2D eigenvalue weighted by atomic mass is 32.2. The van der Waals surface area contributed by atoms with Crippen molar-refractivity contribution < 1.29 is 26.8 Å². The molecule has 0 aliphatic rings. The van der Waals surface area contributed by atoms with Gasteiger partial charge in [0.25, 0.3) is 0 Å². The van der Waals surface area contributed by atoms with Gasteiger partial charge in [0.2, 0.25) is 5.75 Å². The number of anilines is 1. The first-order chi connectivity index (χ1) is 10.9. The van der Waals surface area contributed by atoms with E-state index in [9.17, 15) is 8.42 Å². The third-order valence-corrected chi connectivity index (χ3v) is 4.23. The van der Waals surface area contributed by atoms with Crippen molar-refractivity contribution in [2.24, 2.45) is 0 Å². The van der Waals surface area contributed by atoms with E-state index in [0.717, 1.165) is 0 Å². The number of hydrogen-bond acceptors (Lipinski definition) is 7. The van der Waals surface area contributed by atoms with Crippen molar-refractivity contribution in [2.75, 3.05) is 27.1 Å². The van der Waals surface area contributed by atoms with Gasteiger partial charge in [-0.3, -0.25) is 0 Å². The van der Waals surface area contributed by atoms with Crippen LogP contribution in [0.5, 0.6) is 23.0 Å². The summed E-state index contributed by atoms with van der Waals surface area (Å²) in [7, 11) is 0.260. The maximum Gasteiger partial charge on any atom is 0.339 e. The molecule has 0 bridgehead atoms. The van der Waals surface area contributed by atoms with E-state index in [4.69, 9.17) is 24.1 Å². The molecule has 2 aromatic rings. The number of hydrogen-bond donors (Lipinski definition) is 1. The standard InChI is InChI=1S/C15H17NO6S/c1-19-13-8-11(9-14(20-2)15(13)21-3)22-23(17,18)12-6-4-5-10(16)7-12/h4-9H,16H2,1-3H3. The SMILES string of the molecule is COc1cc(OS(=O)(=O)c2cccc(N)c2)cc(OC)c1OC. The molecule has 0 aliphatic heterocycles. The Morgan fingerprint density at radius 3 is 2.00 bits per heavy atom. The molecule has 0 radical (unpaired) electrons. The average molecular weight is 339 g/mol. The van der Waals surface area contributed by atoms with Crippen LogP contribution in [0.1, 0.15) is 0 Å². The van der Waals surface area contributed by atoms with Crippen molar-refractivity contribution in [3.05, 3.63) is 36.4 Å². The number of rotatable bonds is 6. The van der Waals surface area contributed by atoms with E-state index in [0.29, 0.717) is 11.4 Å². The molecule has 124 valence electrons. The molecule has 8 heteroatoms. The Kier molecular flexibility index (Phi) is 4.85. The van der Waals surface area contributed by atoms with Gasteiger partial charge >= 0.3 is 10.1 Å². The maximum atomic E-state index is 12.3. The Balaban J connectivity index is 2.43. The number of ether oxygens (including phenoxy) is 3. The van der Waals surface area contributed by atoms with Crippen molar-refractivity contribution in [3.63, 3.8) is 0 Å². The summed E-state index contributed by atoms with van der Waals surface area (Å²) in [5.74, 6) is 0.930. The van der Waals surface area contributed by atoms with Crippen molar-refractivity contribution in [1.82, 2.24) is 0 Å². The summed E-state index contributed by atoms with van der Waals surface area (Å²) in [6.45, 7) is 0. The van der Waals surface area contributed by atoms with E-state index < -0.39 is 10.1 Å². The van der Waals surface area contributed by atoms with E-state index in [2.05, 4.69) is 0 Å². The van der Waals surface area contributed by atoms with Gasteiger partial charge in [0.1, 0.15) is 4.90 Å². The molecule has 2 aromatic carbocycles. The summed E-state index contributed by atoms with van der Waals surface area (Å²) in [5, 5.41) is 0. The largest absolute Gasteiger partial charge is 0.493 e. The third kappa shape index (κ3) is 3.59. The lowest BCUT2D eigenvalue weighted by Gasteiger charge is -2.14. The zero-order valence-corrected chi connectivity index (χ0v) is 13.7. The number of nitrogens with two attached hydrogens (primary N) is 1. The van der Waals surface area contributed by atoms with E-state index >= 15 is 0 Å². The molecule has 0 unspecified atom stereocenters. The zero-order valence-electron chi connectivity index (χ0n) is 12.9. The van der Waals surface area contributed by atoms with E-state index in [1.807, 2.05) is 0 Å². The number of benzene rings is 2. The van der Waals surface area contributed by atoms with Crippen molar-refractivity contribution >= 4 is 15.8 Å². The van der Waals surface area contributed by atoms with Gasteiger partial charge < -0.3 is 24.1 Å². The topological polar surface area (TPSA) is 97.1 Å². The summed E-state index contributed by atoms with van der Waals surface area (Å²) in [4.78, 5) is -0.0498. The second-order valence-corrected chi connectivity index (χ2v) is 6.02. The lowest BCUT2D eigenvalue weighted by Crippen LogP contribution is -2.10. The molecule has 2 rings (SSSR count). The fourth-order valence-corrected chi connectivity index (χ4v) is 2.92. The van der Waals surface area contributed by atoms with E-state index in [1.165, 1.54) is 51.7 Å². The van der Waals surface area contributed by atoms with Gasteiger partial charge in [0.15, 0.2) is 17.2 Å². The second kappa shape index (κ2) is 6.66. The molecule has 0 spiro atoms. The first-order valence-electron chi connectivity index (χ1n) is 6.51. The maximum absolute atomic E-state index is 12.3. The minimum Gasteiger partial charge on any atom is -0.493 e. The molecule has 0 atom stereocenters. The van der Waals surface area contributed by atoms with Gasteiger partial charge in [0.05, 0.1) is 21.3 Å². The summed E-state index contributed by atoms with van der Waals surface area (Å²) in [5.41, 5.74) is 5.92. The van der Waals surface area contributed by atoms with Crippen LogP contribution in [0.25, 0.3) is 0 Å². The van der Waals surface area contributed by atoms with Crippen molar-refractivity contribution in [3.8, 4) is 23.0 Å². The van der Waals surface area contributed by atoms with Crippen LogP contribution in [0.3, 0.4) is 0 Å². The van der Waals surface area contributed by atoms with Crippen molar-refractivity contribution in [2.45, 2.75) is 4.90 Å². The van der Waals surface area contributed by atoms with E-state index in [1.54, 1.807) is 6.07 Å². The highest BCUT2D eigenvalue weighted by Crippen LogP contribution is 2.41. The molecule has 0 fully saturated rings. The van der Waals surface area contributed by atoms with Gasteiger partial charge in [-0.1, -0.05) is 6.07 Å². The third-order valence-electron chi connectivity index (χ3n) is 2.99. The van der Waals surface area contributed by atoms with Crippen molar-refractivity contribution in [1.29, 1.82) is 0 Å². The summed E-state index contributed by atoms with van der Waals surface area (Å²) in [6, 6.07) is 8.60. The lowest BCUT2D eigenvalue weighted by atomic mass is 10.2. The van der Waals surface area contributed by atoms with Gasteiger partial charge in [0, 0.05) is 17.8 Å². The van der Waals surface area contributed by atoms with Gasteiger partial charge in [-0.2, -0.15) is 8.42 Å². The first kappa shape index (κ1) is 16.8. The zero-order chi connectivity index (χ0) is 17.0. The molecule has 0 amide bonds. The quantitative estimate of drug-likeness (QED) is 0.635. The van der Waals surface area contributed by atoms with Crippen LogP contribution < -0.4 is 24.1 Å². The van der Waals surface area contributed by atoms with Gasteiger partial charge in [-0.05, 0) is 18.2 Å². The normalized spacial score (nSPS) is 10.9. The molecule has 7 nitrogen and oxygen atoms in total. The summed E-state index contributed by atoms with van der Waals surface area (Å²) >= 11 is 0. The van der Waals surface area contributed by atoms with Crippen LogP contribution in [-0.2, 0) is 10.1 Å². The van der Waals surface area contributed by atoms with E-state index in [-0.39, 0.29) is 22.1 Å². The molecular weight excluding hydrogens is 322 g/mol. The molecule has 0 saturated carbocycles. The average Bonchev–Trinajstić information content (AvgIpc) is 2.53. The minimum absolute atomic E-state index is 0.0296. The van der Waals surface area contributed by atoms with Crippen LogP contribution in [0, 0.1) is 0 Å². The molecule has 2 N–H and O–H groups in total. The lowest BCUT2D eigenvalue weighted by molar-refractivity contribution is 0.322. The fourth-order valence-electron chi connectivity index (χ4n) is 1.95. The smallest absolute Gasteiger partial charge is 0.339 e. The number of nitrogen functional groups attached to an aromatic ring is 1. The van der Waals surface area contributed by atoms with Crippen LogP contribution in [-0.4, -0.2) is 29.7 Å². The monoisotopic (exact) mass is 339 g/mol. The molecule has 0 aliphatic carbocycles. The Labute approximate surface area is 134 Å². The summed E-state index contributed by atoms with van der Waals surface area (Å²) < 4.78 is 45.3. The predicted molar refractivity (Wildman–Crippen MR) is 84.8 cm³/mol. The number of methoxy groups -OCH3 is 3. The highest BCUT2D eigenvalue weighted by molar-refractivity contribution is 7.87. The van der Waals surface area contributed by atoms with Crippen LogP contribution >= 0.6 is 0 Å². The van der Waals surface area contributed by atoms with Gasteiger partial charge in [-0.15, -0.1) is 0 Å². The van der Waals surface area contributed by atoms with Crippen LogP contribution in [0.15, 0.2) is 41.3 Å². The Hall–Kier alpha value is -2.61. The van der Waals surface area contributed by atoms with Crippen LogP contribution in [0.4, 0.5) is 5.69 Å². The summed E-state index contributed by atoms with van der Waals surface area (Å²) in [6.07, 6.45) is 0. The minimum atomic E-state index is -4.04. The second-order valence-electron chi connectivity index (χ2n) is 4.47. The van der Waals surface area contributed by atoms with Crippen LogP contribution in [0.2, 0.25) is 0 Å². The van der Waals surface area contributed by atoms with Gasteiger partial charge in [-0.25, -0.2) is 0 Å². The Morgan fingerprint density at radius 2 is 1.52 bits per heavy atom. The fraction of sp³-hybridized carbons (Fsp3) is 0.200. The Morgan fingerprint density at radius 1 is 0.913 bits per heavy atom.